The lowest BCUT2D eigenvalue weighted by Gasteiger charge is -2.20. The molecule has 0 fully saturated rings. The molecule has 0 spiro atoms. The number of rotatable bonds is 5. The van der Waals surface area contributed by atoms with Crippen molar-refractivity contribution in [3.8, 4) is 0 Å². The second-order valence-electron chi connectivity index (χ2n) is 11.1. The highest BCUT2D eigenvalue weighted by molar-refractivity contribution is 6.22. The molecule has 0 amide bonds. The molecule has 5 aliphatic rings. The third kappa shape index (κ3) is 6.90. The van der Waals surface area contributed by atoms with E-state index in [1.807, 2.05) is 74.9 Å². The van der Waals surface area contributed by atoms with E-state index in [4.69, 9.17) is 10.4 Å². The Hall–Kier alpha value is -4.82. The largest absolute Gasteiger partial charge is 0.376 e. The maximum atomic E-state index is 14.1. The predicted octanol–water partition coefficient (Wildman–Crippen LogP) is 6.59. The lowest BCUT2D eigenvalue weighted by molar-refractivity contribution is -0.112. The summed E-state index contributed by atoms with van der Waals surface area (Å²) in [6.45, 7) is 6.87. The number of Topliss-reactive ketones (excluding diaryl/α,β-unsaturated/α-hetero) is 1. The number of ketones is 1. The van der Waals surface area contributed by atoms with Gasteiger partial charge in [0.1, 0.15) is 5.57 Å². The Balaban J connectivity index is 1.48. The molecule has 3 aliphatic heterocycles. The average Bonchev–Trinajstić information content (AvgIpc) is 3.41. The summed E-state index contributed by atoms with van der Waals surface area (Å²) in [7, 11) is 2.03. The number of allylic oxidation sites excluding steroid dienone is 17. The number of carbonyl (C=O) groups is 1. The summed E-state index contributed by atoms with van der Waals surface area (Å²) < 4.78 is 4.50. The summed E-state index contributed by atoms with van der Waals surface area (Å²) in [4.78, 5) is 21.0. The van der Waals surface area contributed by atoms with Crippen LogP contribution >= 0.6 is 0 Å². The van der Waals surface area contributed by atoms with Crippen molar-refractivity contribution in [3.05, 3.63) is 136 Å². The maximum Gasteiger partial charge on any atom is 0.303 e. The van der Waals surface area contributed by atoms with Gasteiger partial charge in [-0.3, -0.25) is 9.79 Å². The summed E-state index contributed by atoms with van der Waals surface area (Å²) in [5.74, 6) is -0.453. The van der Waals surface area contributed by atoms with E-state index < -0.39 is 5.92 Å². The zero-order valence-corrected chi connectivity index (χ0v) is 24.4. The van der Waals surface area contributed by atoms with Crippen molar-refractivity contribution in [2.45, 2.75) is 39.0 Å². The smallest absolute Gasteiger partial charge is 0.303 e. The second kappa shape index (κ2) is 13.2. The molecule has 0 saturated heterocycles. The van der Waals surface area contributed by atoms with E-state index in [2.05, 4.69) is 34.0 Å². The number of nitrogens with one attached hydrogen (secondary N) is 1. The van der Waals surface area contributed by atoms with E-state index in [1.165, 1.54) is 0 Å². The SMILES string of the molecule is C=C1C=NC2=C(CCC(C(=O)/C3=C(C)\C=C/C(C4=C=CCN(C)C=C4)=CC=[N+]=C3)=C[C@H]2C(=N)/C=C2/C=CC=CCC2)C1. The van der Waals surface area contributed by atoms with Crippen LogP contribution in [0.3, 0.4) is 0 Å². The van der Waals surface area contributed by atoms with Gasteiger partial charge in [-0.05, 0) is 90.7 Å². The molecular formula is C37H37N4O+. The predicted molar refractivity (Wildman–Crippen MR) is 176 cm³/mol. The van der Waals surface area contributed by atoms with Crippen LogP contribution in [0.2, 0.25) is 0 Å². The summed E-state index contributed by atoms with van der Waals surface area (Å²) in [5, 5.41) is 9.12. The number of likely N-dealkylation sites (N-methyl/N-ethyl adjacent to an activating group) is 1. The molecule has 0 unspecified atom stereocenters. The van der Waals surface area contributed by atoms with Crippen LogP contribution in [0.1, 0.15) is 39.0 Å². The summed E-state index contributed by atoms with van der Waals surface area (Å²) in [5.41, 5.74) is 11.9. The fourth-order valence-corrected chi connectivity index (χ4v) is 5.43. The molecule has 0 aromatic carbocycles. The summed E-state index contributed by atoms with van der Waals surface area (Å²) >= 11 is 0. The van der Waals surface area contributed by atoms with Crippen molar-refractivity contribution in [1.29, 1.82) is 5.41 Å². The van der Waals surface area contributed by atoms with Crippen molar-refractivity contribution in [3.63, 3.8) is 0 Å². The quantitative estimate of drug-likeness (QED) is 0.237. The van der Waals surface area contributed by atoms with Gasteiger partial charge in [-0.2, -0.15) is 0 Å². The lowest BCUT2D eigenvalue weighted by Crippen LogP contribution is -2.17. The molecule has 210 valence electrons. The highest BCUT2D eigenvalue weighted by atomic mass is 16.1. The van der Waals surface area contributed by atoms with E-state index in [1.54, 1.807) is 18.6 Å². The van der Waals surface area contributed by atoms with Crippen molar-refractivity contribution in [1.82, 2.24) is 9.57 Å². The summed E-state index contributed by atoms with van der Waals surface area (Å²) in [6.07, 6.45) is 33.2. The first-order valence-electron chi connectivity index (χ1n) is 14.5. The topological polar surface area (TPSA) is 70.6 Å². The van der Waals surface area contributed by atoms with Gasteiger partial charge in [-0.15, -0.1) is 10.4 Å². The van der Waals surface area contributed by atoms with Crippen molar-refractivity contribution < 1.29 is 4.79 Å². The van der Waals surface area contributed by atoms with Crippen LogP contribution in [0.15, 0.2) is 141 Å². The lowest BCUT2D eigenvalue weighted by atomic mass is 9.89. The fourth-order valence-electron chi connectivity index (χ4n) is 5.43. The molecule has 5 heteroatoms. The molecule has 0 radical (unpaired) electrons. The Bertz CT molecular complexity index is 1660. The molecule has 5 nitrogen and oxygen atoms in total. The van der Waals surface area contributed by atoms with E-state index >= 15 is 0 Å². The van der Waals surface area contributed by atoms with Crippen molar-refractivity contribution in [2.24, 2.45) is 10.9 Å². The van der Waals surface area contributed by atoms with Gasteiger partial charge in [0.05, 0.1) is 11.6 Å². The van der Waals surface area contributed by atoms with E-state index in [0.29, 0.717) is 29.7 Å². The second-order valence-corrected chi connectivity index (χ2v) is 11.1. The van der Waals surface area contributed by atoms with Gasteiger partial charge in [0, 0.05) is 43.4 Å². The van der Waals surface area contributed by atoms with E-state index in [0.717, 1.165) is 64.9 Å². The molecule has 0 bridgehead atoms. The third-order valence-electron chi connectivity index (χ3n) is 7.84. The van der Waals surface area contributed by atoms with Crippen LogP contribution in [0.5, 0.6) is 0 Å². The van der Waals surface area contributed by atoms with Crippen LogP contribution in [-0.4, -0.2) is 48.6 Å². The molecule has 1 N–H and O–H groups in total. The van der Waals surface area contributed by atoms with Crippen LogP contribution in [0.4, 0.5) is 0 Å². The Labute approximate surface area is 248 Å². The van der Waals surface area contributed by atoms with Gasteiger partial charge in [0.15, 0.2) is 5.78 Å². The Morgan fingerprint density at radius 1 is 1.19 bits per heavy atom. The first-order chi connectivity index (χ1) is 20.4. The fraction of sp³-hybridized carbons (Fsp3) is 0.243. The molecular weight excluding hydrogens is 516 g/mol. The van der Waals surface area contributed by atoms with Gasteiger partial charge in [0.25, 0.3) is 6.21 Å². The zero-order chi connectivity index (χ0) is 29.5. The molecule has 0 aromatic heterocycles. The van der Waals surface area contributed by atoms with Gasteiger partial charge >= 0.3 is 6.21 Å². The van der Waals surface area contributed by atoms with E-state index in [9.17, 15) is 4.79 Å². The molecule has 0 saturated carbocycles. The third-order valence-corrected chi connectivity index (χ3v) is 7.84. The minimum atomic E-state index is -0.397. The number of aliphatic imine (C=N–C) groups is 1. The number of carbonyl (C=O) groups excluding carboxylic acids is 1. The Morgan fingerprint density at radius 3 is 2.95 bits per heavy atom. The molecule has 0 aromatic rings. The maximum absolute atomic E-state index is 14.1. The van der Waals surface area contributed by atoms with Gasteiger partial charge < -0.3 is 10.3 Å². The minimum Gasteiger partial charge on any atom is -0.376 e. The number of hydrogen-bond donors (Lipinski definition) is 1. The van der Waals surface area contributed by atoms with Gasteiger partial charge in [-0.25, -0.2) is 0 Å². The van der Waals surface area contributed by atoms with Gasteiger partial charge in [-0.1, -0.05) is 49.1 Å². The molecule has 42 heavy (non-hydrogen) atoms. The van der Waals surface area contributed by atoms with Gasteiger partial charge in [0.2, 0.25) is 0 Å². The number of hydrogen-bond acceptors (Lipinski definition) is 4. The first kappa shape index (κ1) is 28.7. The zero-order valence-electron chi connectivity index (χ0n) is 24.4. The Kier molecular flexibility index (Phi) is 9.04. The number of nitrogens with zero attached hydrogens (tertiary/aromatic N) is 3. The highest BCUT2D eigenvalue weighted by Crippen LogP contribution is 2.36. The van der Waals surface area contributed by atoms with Crippen LogP contribution in [0, 0.1) is 11.3 Å². The first-order valence-corrected chi connectivity index (χ1v) is 14.5. The normalized spacial score (nSPS) is 25.5. The molecule has 2 aliphatic carbocycles. The van der Waals surface area contributed by atoms with Crippen LogP contribution in [-0.2, 0) is 4.79 Å². The van der Waals surface area contributed by atoms with Crippen LogP contribution < -0.4 is 4.67 Å². The van der Waals surface area contributed by atoms with Crippen LogP contribution in [0.25, 0.3) is 0 Å². The average molecular weight is 554 g/mol. The molecule has 3 heterocycles. The molecule has 1 atom stereocenters. The van der Waals surface area contributed by atoms with E-state index in [-0.39, 0.29) is 5.78 Å². The van der Waals surface area contributed by atoms with Crippen molar-refractivity contribution >= 4 is 30.1 Å². The van der Waals surface area contributed by atoms with Crippen molar-refractivity contribution in [2.75, 3.05) is 13.6 Å². The highest BCUT2D eigenvalue weighted by Gasteiger charge is 2.29. The summed E-state index contributed by atoms with van der Waals surface area (Å²) in [6, 6.07) is 0. The Morgan fingerprint density at radius 2 is 2.07 bits per heavy atom. The minimum absolute atomic E-state index is 0.0560. The molecule has 5 rings (SSSR count). The monoisotopic (exact) mass is 553 g/mol. The standard InChI is InChI=1S/C37H37N4O/c1-26-21-31-14-15-32(23-33(36(31)40-24-26)35(38)22-28-9-6-4-5-7-10-28)37(42)34-25-39-18-16-30(13-12-27(34)2)29-11-8-19-41(3)20-17-29/h4-6,8-9,12-13,16-18,20,22-25,33,38H,1,7,10,14-15,19,21H2,2-3H3/q+1/b13-12-,28-22-,30-16?,34-27-,38-35?/t33-/m0/s1.